The molecule has 1 aromatic carbocycles. The fourth-order valence-electron chi connectivity index (χ4n) is 4.80. The molecule has 0 N–H and O–H groups in total. The largest absolute Gasteiger partial charge is 0.490 e. The number of aryl methyl sites for hydroxylation is 4. The summed E-state index contributed by atoms with van der Waals surface area (Å²) in [5.41, 5.74) is -0.0384. The molecule has 202 valence electrons. The smallest absolute Gasteiger partial charge is 0.225 e. The molecule has 37 heavy (non-hydrogen) atoms. The highest BCUT2D eigenvalue weighted by Gasteiger charge is 2.42. The Hall–Kier alpha value is -2.69. The van der Waals surface area contributed by atoms with E-state index in [1.807, 2.05) is 31.7 Å². The number of piperazine rings is 1. The first-order valence-electron chi connectivity index (χ1n) is 12.8. The highest BCUT2D eigenvalue weighted by molar-refractivity contribution is 6.31. The van der Waals surface area contributed by atoms with Gasteiger partial charge in [0, 0.05) is 44.2 Å². The Bertz CT molecular complexity index is 1120. The summed E-state index contributed by atoms with van der Waals surface area (Å²) in [6.07, 6.45) is 0.442. The average Bonchev–Trinajstić information content (AvgIpc) is 3.20. The van der Waals surface area contributed by atoms with Gasteiger partial charge in [0.1, 0.15) is 29.6 Å². The van der Waals surface area contributed by atoms with E-state index in [4.69, 9.17) is 21.1 Å². The third-order valence-corrected chi connectivity index (χ3v) is 7.49. The number of carbonyl (C=O) groups excluding carboxylic acids is 2. The maximum Gasteiger partial charge on any atom is 0.225 e. The summed E-state index contributed by atoms with van der Waals surface area (Å²) < 4.78 is 14.2. The summed E-state index contributed by atoms with van der Waals surface area (Å²) in [4.78, 5) is 36.7. The third kappa shape index (κ3) is 7.00. The van der Waals surface area contributed by atoms with E-state index < -0.39 is 5.60 Å². The molecule has 3 heterocycles. The van der Waals surface area contributed by atoms with Gasteiger partial charge >= 0.3 is 0 Å². The Morgan fingerprint density at radius 1 is 1.08 bits per heavy atom. The molecule has 0 aliphatic carbocycles. The van der Waals surface area contributed by atoms with E-state index in [1.54, 1.807) is 21.7 Å². The van der Waals surface area contributed by atoms with Gasteiger partial charge in [-0.05, 0) is 51.6 Å². The molecule has 2 aromatic rings. The van der Waals surface area contributed by atoms with Crippen LogP contribution in [0.5, 0.6) is 5.75 Å². The summed E-state index contributed by atoms with van der Waals surface area (Å²) in [5, 5.41) is 5.02. The second kappa shape index (κ2) is 11.8. The monoisotopic (exact) mass is 532 g/mol. The van der Waals surface area contributed by atoms with Crippen molar-refractivity contribution < 1.29 is 19.1 Å². The van der Waals surface area contributed by atoms with E-state index in [2.05, 4.69) is 22.0 Å². The van der Waals surface area contributed by atoms with Crippen molar-refractivity contribution in [3.05, 3.63) is 40.4 Å². The van der Waals surface area contributed by atoms with Crippen LogP contribution in [0.4, 0.5) is 0 Å². The molecular weight excluding hydrogens is 496 g/mol. The normalized spacial score (nSPS) is 20.8. The minimum Gasteiger partial charge on any atom is -0.490 e. The highest BCUT2D eigenvalue weighted by Crippen LogP contribution is 2.28. The second-order valence-corrected chi connectivity index (χ2v) is 10.5. The lowest BCUT2D eigenvalue weighted by molar-refractivity contribution is -0.166. The van der Waals surface area contributed by atoms with Crippen LogP contribution in [-0.2, 0) is 20.9 Å². The number of hydrogen-bond acceptors (Lipinski definition) is 7. The molecule has 2 aliphatic rings. The molecule has 2 fully saturated rings. The van der Waals surface area contributed by atoms with Gasteiger partial charge in [0.15, 0.2) is 0 Å². The van der Waals surface area contributed by atoms with Gasteiger partial charge in [-0.2, -0.15) is 5.10 Å². The standard InChI is InChI=1S/C26H37ClN6O4/c1-19-15-22(5-6-23(19)27)36-18-26(16-25(35)31-11-9-30(4)10-12-31)17-32(13-14-37-26)24(34)7-8-33-21(3)28-20(2)29-33/h5-6,15H,7-14,16-18H2,1-4H3/t26-/m1/s1. The SMILES string of the molecule is Cc1nc(C)n(CCC(=O)N2CCO[C@](COc3ccc(Cl)c(C)c3)(CC(=O)N3CCN(C)CC3)C2)n1. The molecule has 0 unspecified atom stereocenters. The molecule has 0 spiro atoms. The lowest BCUT2D eigenvalue weighted by Gasteiger charge is -2.43. The zero-order valence-electron chi connectivity index (χ0n) is 22.2. The minimum atomic E-state index is -0.943. The second-order valence-electron chi connectivity index (χ2n) is 10.1. The van der Waals surface area contributed by atoms with E-state index in [-0.39, 0.29) is 31.4 Å². The van der Waals surface area contributed by atoms with Gasteiger partial charge in [-0.25, -0.2) is 9.67 Å². The van der Waals surface area contributed by atoms with Gasteiger partial charge in [0.05, 0.1) is 26.1 Å². The highest BCUT2D eigenvalue weighted by atomic mass is 35.5. The van der Waals surface area contributed by atoms with Crippen LogP contribution in [0.3, 0.4) is 0 Å². The third-order valence-electron chi connectivity index (χ3n) is 7.06. The number of nitrogens with zero attached hydrogens (tertiary/aromatic N) is 6. The van der Waals surface area contributed by atoms with Crippen LogP contribution in [0.15, 0.2) is 18.2 Å². The van der Waals surface area contributed by atoms with E-state index >= 15 is 0 Å². The molecule has 2 saturated heterocycles. The van der Waals surface area contributed by atoms with Crippen LogP contribution < -0.4 is 4.74 Å². The Morgan fingerprint density at radius 2 is 1.84 bits per heavy atom. The van der Waals surface area contributed by atoms with Crippen molar-refractivity contribution in [1.29, 1.82) is 0 Å². The van der Waals surface area contributed by atoms with Gasteiger partial charge in [0.2, 0.25) is 11.8 Å². The van der Waals surface area contributed by atoms with Crippen LogP contribution in [0.1, 0.15) is 30.1 Å². The van der Waals surface area contributed by atoms with Crippen molar-refractivity contribution in [3.63, 3.8) is 0 Å². The minimum absolute atomic E-state index is 0.00499. The first kappa shape index (κ1) is 27.3. The molecule has 1 atom stereocenters. The van der Waals surface area contributed by atoms with Crippen LogP contribution in [0.2, 0.25) is 5.02 Å². The van der Waals surface area contributed by atoms with Crippen LogP contribution >= 0.6 is 11.6 Å². The molecule has 1 aromatic heterocycles. The first-order valence-corrected chi connectivity index (χ1v) is 13.2. The maximum atomic E-state index is 13.3. The van der Waals surface area contributed by atoms with Crippen molar-refractivity contribution in [2.75, 3.05) is 59.5 Å². The number of carbonyl (C=O) groups is 2. The lowest BCUT2D eigenvalue weighted by atomic mass is 9.96. The Labute approximate surface area is 223 Å². The topological polar surface area (TPSA) is 93.0 Å². The molecule has 2 amide bonds. The predicted octanol–water partition coefficient (Wildman–Crippen LogP) is 2.09. The Kier molecular flexibility index (Phi) is 8.71. The van der Waals surface area contributed by atoms with Crippen LogP contribution in [0, 0.1) is 20.8 Å². The van der Waals surface area contributed by atoms with Crippen LogP contribution in [-0.4, -0.2) is 106 Å². The Balaban J connectivity index is 1.46. The molecule has 0 saturated carbocycles. The van der Waals surface area contributed by atoms with Gasteiger partial charge in [-0.15, -0.1) is 0 Å². The number of aromatic nitrogens is 3. The number of amides is 2. The number of benzene rings is 1. The fourth-order valence-corrected chi connectivity index (χ4v) is 4.92. The number of rotatable bonds is 8. The number of ether oxygens (including phenoxy) is 2. The summed E-state index contributed by atoms with van der Waals surface area (Å²) in [6, 6.07) is 5.46. The summed E-state index contributed by atoms with van der Waals surface area (Å²) in [5.74, 6) is 2.14. The van der Waals surface area contributed by atoms with Crippen molar-refractivity contribution in [2.24, 2.45) is 0 Å². The Morgan fingerprint density at radius 3 is 2.51 bits per heavy atom. The zero-order chi connectivity index (χ0) is 26.6. The molecule has 4 rings (SSSR count). The number of hydrogen-bond donors (Lipinski definition) is 0. The summed E-state index contributed by atoms with van der Waals surface area (Å²) in [6.45, 7) is 10.4. The maximum absolute atomic E-state index is 13.3. The molecule has 2 aliphatic heterocycles. The first-order chi connectivity index (χ1) is 17.6. The zero-order valence-corrected chi connectivity index (χ0v) is 23.0. The van der Waals surface area contributed by atoms with Crippen molar-refractivity contribution in [3.8, 4) is 5.75 Å². The quantitative estimate of drug-likeness (QED) is 0.514. The van der Waals surface area contributed by atoms with Gasteiger partial charge in [-0.1, -0.05) is 11.6 Å². The van der Waals surface area contributed by atoms with E-state index in [0.717, 1.165) is 24.5 Å². The van der Waals surface area contributed by atoms with Crippen molar-refractivity contribution in [2.45, 2.75) is 45.8 Å². The average molecular weight is 533 g/mol. The lowest BCUT2D eigenvalue weighted by Crippen LogP contribution is -2.59. The van der Waals surface area contributed by atoms with Crippen molar-refractivity contribution >= 4 is 23.4 Å². The molecule has 11 heteroatoms. The molecule has 0 radical (unpaired) electrons. The fraction of sp³-hybridized carbons (Fsp3) is 0.615. The summed E-state index contributed by atoms with van der Waals surface area (Å²) >= 11 is 6.17. The van der Waals surface area contributed by atoms with E-state index in [1.165, 1.54) is 0 Å². The van der Waals surface area contributed by atoms with E-state index in [0.29, 0.717) is 55.8 Å². The van der Waals surface area contributed by atoms with Gasteiger partial charge in [-0.3, -0.25) is 9.59 Å². The molecular formula is C26H37ClN6O4. The molecule has 0 bridgehead atoms. The van der Waals surface area contributed by atoms with Gasteiger partial charge < -0.3 is 24.2 Å². The van der Waals surface area contributed by atoms with Gasteiger partial charge in [0.25, 0.3) is 0 Å². The van der Waals surface area contributed by atoms with Crippen LogP contribution in [0.25, 0.3) is 0 Å². The number of likely N-dealkylation sites (N-methyl/N-ethyl adjacent to an activating group) is 1. The van der Waals surface area contributed by atoms with Crippen molar-refractivity contribution in [1.82, 2.24) is 29.5 Å². The predicted molar refractivity (Wildman–Crippen MR) is 140 cm³/mol. The number of morpholine rings is 1. The van der Waals surface area contributed by atoms with E-state index in [9.17, 15) is 9.59 Å². The molecule has 10 nitrogen and oxygen atoms in total. The summed E-state index contributed by atoms with van der Waals surface area (Å²) in [7, 11) is 2.06. The number of halogens is 1.